The van der Waals surface area contributed by atoms with Gasteiger partial charge in [0.1, 0.15) is 25.4 Å². The Morgan fingerprint density at radius 2 is 0.469 bits per heavy atom. The predicted molar refractivity (Wildman–Crippen MR) is 472 cm³/mol. The van der Waals surface area contributed by atoms with Crippen LogP contribution in [0.1, 0.15) is 342 Å². The van der Waals surface area contributed by atoms with Crippen molar-refractivity contribution >= 4 is 33.6 Å². The molecular formula is C95H158O16P2. The number of ether oxygens (including phenoxy) is 3. The summed E-state index contributed by atoms with van der Waals surface area (Å²) in [5.41, 5.74) is 0. The maximum atomic E-state index is 13.0. The number of allylic oxidation sites excluding steroid dienone is 30. The van der Waals surface area contributed by atoms with Gasteiger partial charge < -0.3 is 34.2 Å². The van der Waals surface area contributed by atoms with Crippen LogP contribution in [-0.4, -0.2) is 95.9 Å². The molecule has 0 heterocycles. The van der Waals surface area contributed by atoms with Crippen LogP contribution in [-0.2, 0) is 55.8 Å². The van der Waals surface area contributed by atoms with E-state index in [9.17, 15) is 43.5 Å². The fourth-order valence-corrected chi connectivity index (χ4v) is 13.1. The van der Waals surface area contributed by atoms with Gasteiger partial charge in [-0.3, -0.25) is 32.5 Å². The first-order valence-electron chi connectivity index (χ1n) is 44.1. The summed E-state index contributed by atoms with van der Waals surface area (Å²) in [7, 11) is -9.82. The molecule has 0 spiro atoms. The second kappa shape index (κ2) is 86.0. The monoisotopic (exact) mass is 1620 g/mol. The van der Waals surface area contributed by atoms with E-state index in [1.165, 1.54) is 96.3 Å². The average molecular weight is 1620 g/mol. The lowest BCUT2D eigenvalue weighted by Crippen LogP contribution is -2.30. The van der Waals surface area contributed by atoms with E-state index >= 15 is 0 Å². The Morgan fingerprint density at radius 3 is 0.743 bits per heavy atom. The van der Waals surface area contributed by atoms with E-state index in [1.807, 2.05) is 0 Å². The normalized spacial score (nSPS) is 14.7. The zero-order valence-electron chi connectivity index (χ0n) is 70.7. The number of carbonyl (C=O) groups excluding carboxylic acids is 3. The molecule has 0 aliphatic carbocycles. The summed E-state index contributed by atoms with van der Waals surface area (Å²) in [5.74, 6) is -1.61. The van der Waals surface area contributed by atoms with Crippen molar-refractivity contribution in [3.63, 3.8) is 0 Å². The number of carbonyl (C=O) groups is 3. The van der Waals surface area contributed by atoms with E-state index < -0.39 is 91.5 Å². The second-order valence-corrected chi connectivity index (χ2v) is 31.8. The van der Waals surface area contributed by atoms with Crippen LogP contribution in [0.2, 0.25) is 0 Å². The molecule has 644 valence electrons. The number of esters is 3. The first-order chi connectivity index (χ1) is 55.2. The molecule has 0 amide bonds. The minimum absolute atomic E-state index is 0.0767. The Hall–Kier alpha value is -5.35. The highest BCUT2D eigenvalue weighted by Gasteiger charge is 2.29. The zero-order valence-corrected chi connectivity index (χ0v) is 72.5. The highest BCUT2D eigenvalue weighted by molar-refractivity contribution is 7.47. The van der Waals surface area contributed by atoms with Crippen LogP contribution in [0.3, 0.4) is 0 Å². The van der Waals surface area contributed by atoms with Crippen LogP contribution in [0, 0.1) is 0 Å². The molecule has 0 aliphatic heterocycles. The average Bonchev–Trinajstić information content (AvgIpc) is 0.900. The van der Waals surface area contributed by atoms with Gasteiger partial charge in [-0.1, -0.05) is 344 Å². The molecule has 5 unspecified atom stereocenters. The minimum Gasteiger partial charge on any atom is -0.463 e. The summed E-state index contributed by atoms with van der Waals surface area (Å²) < 4.78 is 61.4. The molecule has 5 atom stereocenters. The molecule has 0 saturated heterocycles. The van der Waals surface area contributed by atoms with Gasteiger partial charge in [0.25, 0.3) is 0 Å². The van der Waals surface area contributed by atoms with E-state index in [-0.39, 0.29) is 19.3 Å². The third-order valence-electron chi connectivity index (χ3n) is 18.1. The standard InChI is InChI=1S/C95H158O16P2/c1-4-7-10-13-16-19-22-25-28-31-34-37-39-41-42-43-44-45-46-48-50-52-54-57-60-63-66-69-72-75-78-81-93(98)105-84-90(96)85-107-112(101,102)108-86-91(97)87-109-113(103,104)110-89-92(111-95(100)83-80-77-74-71-68-65-62-59-56-51-36-33-30-27-24-21-18-15-12-9-6-3)88-106-94(99)82-79-76-73-70-67-64-61-58-55-53-49-47-40-38-35-32-29-26-23-20-17-14-11-8-5-2/h7-8,10-11,16-21,25-30,34-38,41-42,44-45,47,49,51,59,62,90-92,96-97H,4-6,9,12-15,22-24,31-33,39-40,43,46,48,50,52-58,60-61,63-89H2,1-3H3,(H,101,102)(H,103,104)/b10-7-,11-8-,19-16-,20-17-,21-18-,28-25-,29-26-,30-27-,37-34-,38-35-,42-41-,45-44-,49-47-,51-36-,62-59-. The lowest BCUT2D eigenvalue weighted by molar-refractivity contribution is -0.161. The summed E-state index contributed by atoms with van der Waals surface area (Å²) in [6.07, 6.45) is 112. The molecule has 18 heteroatoms. The number of phosphoric acid groups is 2. The number of unbranched alkanes of at least 4 members (excludes halogenated alkanes) is 29. The Labute approximate surface area is 687 Å². The maximum Gasteiger partial charge on any atom is 0.472 e. The van der Waals surface area contributed by atoms with E-state index in [0.717, 1.165) is 186 Å². The molecule has 16 nitrogen and oxygen atoms in total. The number of rotatable bonds is 82. The lowest BCUT2D eigenvalue weighted by Gasteiger charge is -2.21. The van der Waals surface area contributed by atoms with Crippen LogP contribution in [0.15, 0.2) is 182 Å². The van der Waals surface area contributed by atoms with Gasteiger partial charge in [0.2, 0.25) is 0 Å². The molecule has 0 aromatic rings. The van der Waals surface area contributed by atoms with Gasteiger partial charge in [-0.2, -0.15) is 0 Å². The summed E-state index contributed by atoms with van der Waals surface area (Å²) in [6.45, 7) is 2.41. The van der Waals surface area contributed by atoms with Crippen molar-refractivity contribution < 1.29 is 75.8 Å². The van der Waals surface area contributed by atoms with Crippen molar-refractivity contribution in [3.8, 4) is 0 Å². The summed E-state index contributed by atoms with van der Waals surface area (Å²) in [5, 5.41) is 20.7. The van der Waals surface area contributed by atoms with E-state index in [2.05, 4.69) is 203 Å². The van der Waals surface area contributed by atoms with Crippen LogP contribution in [0.5, 0.6) is 0 Å². The van der Waals surface area contributed by atoms with Crippen molar-refractivity contribution in [2.24, 2.45) is 0 Å². The van der Waals surface area contributed by atoms with Gasteiger partial charge in [-0.15, -0.1) is 0 Å². The molecule has 0 rings (SSSR count). The van der Waals surface area contributed by atoms with Crippen molar-refractivity contribution in [2.45, 2.75) is 360 Å². The van der Waals surface area contributed by atoms with E-state index in [1.54, 1.807) is 0 Å². The van der Waals surface area contributed by atoms with Gasteiger partial charge in [-0.05, 0) is 161 Å². The third-order valence-corrected chi connectivity index (χ3v) is 20.0. The molecule has 0 saturated carbocycles. The van der Waals surface area contributed by atoms with Crippen LogP contribution < -0.4 is 0 Å². The summed E-state index contributed by atoms with van der Waals surface area (Å²) in [4.78, 5) is 58.9. The summed E-state index contributed by atoms with van der Waals surface area (Å²) >= 11 is 0. The van der Waals surface area contributed by atoms with E-state index in [4.69, 9.17) is 32.3 Å². The van der Waals surface area contributed by atoms with Gasteiger partial charge >= 0.3 is 33.6 Å². The topological polar surface area (TPSA) is 231 Å². The van der Waals surface area contributed by atoms with Crippen molar-refractivity contribution in [2.75, 3.05) is 39.6 Å². The molecule has 0 radical (unpaired) electrons. The highest BCUT2D eigenvalue weighted by atomic mass is 31.2. The predicted octanol–water partition coefficient (Wildman–Crippen LogP) is 26.9. The van der Waals surface area contributed by atoms with Crippen LogP contribution >= 0.6 is 15.6 Å². The smallest absolute Gasteiger partial charge is 0.463 e. The zero-order chi connectivity index (χ0) is 82.2. The molecule has 0 aromatic heterocycles. The number of aliphatic hydroxyl groups is 2. The first kappa shape index (κ1) is 108. The Morgan fingerprint density at radius 1 is 0.257 bits per heavy atom. The quantitative estimate of drug-likeness (QED) is 0.0146. The van der Waals surface area contributed by atoms with Gasteiger partial charge in [0.05, 0.1) is 26.4 Å². The van der Waals surface area contributed by atoms with Crippen molar-refractivity contribution in [1.29, 1.82) is 0 Å². The SMILES string of the molecule is CC/C=C\C/C=C\C/C=C\C/C=C\C/C=C\C/C=C\CCCCCCCCCCCCCCC(=O)OCC(O)COP(=O)(O)OCC(O)COP(=O)(O)OCC(COC(=O)CCCCCCCCCCC/C=C\C/C=C\C/C=C\C/C=C\C/C=C\CC)OC(=O)CCCCCCC/C=C\C/C=C\C/C=C\C/C=C\CCCCC. The highest BCUT2D eigenvalue weighted by Crippen LogP contribution is 2.45. The number of aliphatic hydroxyl groups excluding tert-OH is 2. The fraction of sp³-hybridized carbons (Fsp3) is 0.653. The van der Waals surface area contributed by atoms with Crippen LogP contribution in [0.4, 0.5) is 0 Å². The fourth-order valence-electron chi connectivity index (χ4n) is 11.5. The van der Waals surface area contributed by atoms with Gasteiger partial charge in [0, 0.05) is 19.3 Å². The number of hydrogen-bond acceptors (Lipinski definition) is 14. The molecule has 0 aromatic carbocycles. The Bertz CT molecular complexity index is 2780. The molecule has 4 N–H and O–H groups in total. The van der Waals surface area contributed by atoms with Gasteiger partial charge in [0.15, 0.2) is 6.10 Å². The molecule has 0 fully saturated rings. The largest absolute Gasteiger partial charge is 0.472 e. The summed E-state index contributed by atoms with van der Waals surface area (Å²) in [6, 6.07) is 0. The third kappa shape index (κ3) is 87.3. The first-order valence-corrected chi connectivity index (χ1v) is 47.1. The van der Waals surface area contributed by atoms with E-state index in [0.29, 0.717) is 19.3 Å². The van der Waals surface area contributed by atoms with Gasteiger partial charge in [-0.25, -0.2) is 9.13 Å². The minimum atomic E-state index is -4.95. The van der Waals surface area contributed by atoms with Crippen molar-refractivity contribution in [3.05, 3.63) is 182 Å². The molecule has 0 aliphatic rings. The van der Waals surface area contributed by atoms with Crippen LogP contribution in [0.25, 0.3) is 0 Å². The number of phosphoric ester groups is 2. The second-order valence-electron chi connectivity index (χ2n) is 28.9. The number of hydrogen-bond donors (Lipinski definition) is 4. The molecule has 113 heavy (non-hydrogen) atoms. The maximum absolute atomic E-state index is 13.0. The molecule has 0 bridgehead atoms. The Kier molecular flexibility index (Phi) is 81.9. The Balaban J connectivity index is 4.63. The van der Waals surface area contributed by atoms with Crippen molar-refractivity contribution in [1.82, 2.24) is 0 Å². The molecular weight excluding hydrogens is 1460 g/mol. The lowest BCUT2D eigenvalue weighted by atomic mass is 10.0.